The highest BCUT2D eigenvalue weighted by atomic mass is 16.6. The first-order valence-electron chi connectivity index (χ1n) is 12.8. The van der Waals surface area contributed by atoms with Gasteiger partial charge in [0.1, 0.15) is 17.5 Å². The highest BCUT2D eigenvalue weighted by molar-refractivity contribution is 5.86. The molecule has 0 unspecified atom stereocenters. The van der Waals surface area contributed by atoms with E-state index in [9.17, 15) is 9.59 Å². The van der Waals surface area contributed by atoms with Gasteiger partial charge in [-0.25, -0.2) is 9.78 Å². The number of benzene rings is 1. The number of ether oxygens (including phenoxy) is 1. The summed E-state index contributed by atoms with van der Waals surface area (Å²) < 4.78 is 5.31. The van der Waals surface area contributed by atoms with E-state index in [1.54, 1.807) is 40.9 Å². The lowest BCUT2D eigenvalue weighted by Gasteiger charge is -2.28. The molecule has 1 aliphatic rings. The van der Waals surface area contributed by atoms with Crippen LogP contribution in [0.1, 0.15) is 64.2 Å². The van der Waals surface area contributed by atoms with E-state index in [4.69, 9.17) is 4.74 Å². The molecule has 1 atom stereocenters. The number of nitrogens with zero attached hydrogens (tertiary/aromatic N) is 4. The molecule has 0 radical (unpaired) electrons. The van der Waals surface area contributed by atoms with E-state index in [0.29, 0.717) is 43.3 Å². The Balaban J connectivity index is 1.50. The number of carbonyl (C=O) groups is 2. The maximum absolute atomic E-state index is 12.4. The van der Waals surface area contributed by atoms with Gasteiger partial charge in [0.2, 0.25) is 11.9 Å². The molecule has 38 heavy (non-hydrogen) atoms. The predicted molar refractivity (Wildman–Crippen MR) is 150 cm³/mol. The van der Waals surface area contributed by atoms with Crippen LogP contribution < -0.4 is 16.0 Å². The van der Waals surface area contributed by atoms with Crippen LogP contribution in [0.15, 0.2) is 29.4 Å². The molecule has 0 bridgehead atoms. The maximum Gasteiger partial charge on any atom is 0.410 e. The largest absolute Gasteiger partial charge is 0.444 e. The predicted octanol–water partition coefficient (Wildman–Crippen LogP) is 4.09. The van der Waals surface area contributed by atoms with Gasteiger partial charge in [-0.15, -0.1) is 0 Å². The molecule has 202 valence electrons. The van der Waals surface area contributed by atoms with Crippen LogP contribution in [0.4, 0.5) is 22.2 Å². The number of unbranched alkanes of at least 4 members (excludes halogenated alkanes) is 1. The summed E-state index contributed by atoms with van der Waals surface area (Å²) in [6, 6.07) is 5.43. The molecular weight excluding hydrogens is 482 g/mol. The Morgan fingerprint density at radius 1 is 1.26 bits per heavy atom. The van der Waals surface area contributed by atoms with Gasteiger partial charge in [-0.05, 0) is 64.3 Å². The van der Waals surface area contributed by atoms with Crippen LogP contribution in [0.3, 0.4) is 0 Å². The molecule has 0 saturated carbocycles. The fourth-order valence-electron chi connectivity index (χ4n) is 3.51. The molecule has 0 aliphatic carbocycles. The van der Waals surface area contributed by atoms with Crippen molar-refractivity contribution in [1.82, 2.24) is 20.2 Å². The van der Waals surface area contributed by atoms with Gasteiger partial charge >= 0.3 is 6.09 Å². The fraction of sp³-hybridized carbons (Fsp3) is 0.464. The van der Waals surface area contributed by atoms with Gasteiger partial charge in [0.25, 0.3) is 0 Å². The average Bonchev–Trinajstić information content (AvgIpc) is 3.33. The van der Waals surface area contributed by atoms with Crippen molar-refractivity contribution < 1.29 is 14.3 Å². The monoisotopic (exact) mass is 519 g/mol. The summed E-state index contributed by atoms with van der Waals surface area (Å²) in [7, 11) is 1.55. The topological polar surface area (TPSA) is 121 Å². The van der Waals surface area contributed by atoms with E-state index in [-0.39, 0.29) is 5.91 Å². The number of hydrogen-bond acceptors (Lipinski definition) is 8. The van der Waals surface area contributed by atoms with Crippen LogP contribution in [0.25, 0.3) is 0 Å². The van der Waals surface area contributed by atoms with Gasteiger partial charge in [-0.1, -0.05) is 17.9 Å². The molecule has 2 heterocycles. The number of aromatic nitrogens is 2. The van der Waals surface area contributed by atoms with Crippen molar-refractivity contribution in [3.8, 4) is 11.8 Å². The van der Waals surface area contributed by atoms with Crippen molar-refractivity contribution in [2.24, 2.45) is 4.99 Å². The van der Waals surface area contributed by atoms with Crippen LogP contribution in [0, 0.1) is 11.8 Å². The number of anilines is 3. The van der Waals surface area contributed by atoms with E-state index in [1.165, 1.54) is 10.5 Å². The summed E-state index contributed by atoms with van der Waals surface area (Å²) in [5.74, 6) is 7.15. The zero-order valence-corrected chi connectivity index (χ0v) is 23.0. The normalized spacial score (nSPS) is 12.6. The van der Waals surface area contributed by atoms with Gasteiger partial charge in [0.15, 0.2) is 0 Å². The van der Waals surface area contributed by atoms with E-state index >= 15 is 0 Å². The SMILES string of the molecule is CCNc1nc(Nc2ccc3c(c2)C=NC3)ncc1C#CCCCNC(=O)[C@H](C)N(C)C(=O)OC(C)(C)C. The quantitative estimate of drug-likeness (QED) is 0.337. The van der Waals surface area contributed by atoms with Crippen LogP contribution in [0.2, 0.25) is 0 Å². The highest BCUT2D eigenvalue weighted by Gasteiger charge is 2.26. The Labute approximate surface area is 224 Å². The molecule has 1 aromatic heterocycles. The first-order valence-corrected chi connectivity index (χ1v) is 12.8. The molecule has 0 spiro atoms. The van der Waals surface area contributed by atoms with Crippen molar-refractivity contribution in [3.05, 3.63) is 41.1 Å². The zero-order chi connectivity index (χ0) is 27.7. The van der Waals surface area contributed by atoms with Crippen molar-refractivity contribution in [1.29, 1.82) is 0 Å². The van der Waals surface area contributed by atoms with Crippen LogP contribution in [0.5, 0.6) is 0 Å². The molecule has 10 heteroatoms. The number of hydrogen-bond donors (Lipinski definition) is 3. The summed E-state index contributed by atoms with van der Waals surface area (Å²) in [6.45, 7) is 10.9. The second-order valence-corrected chi connectivity index (χ2v) is 9.96. The molecule has 1 aliphatic heterocycles. The third-order valence-electron chi connectivity index (χ3n) is 5.67. The van der Waals surface area contributed by atoms with Crippen LogP contribution >= 0.6 is 0 Å². The smallest absolute Gasteiger partial charge is 0.410 e. The number of fused-ring (bicyclic) bond motifs is 1. The maximum atomic E-state index is 12.4. The van der Waals surface area contributed by atoms with Gasteiger partial charge in [0.05, 0.1) is 18.3 Å². The molecular formula is C28H37N7O3. The van der Waals surface area contributed by atoms with Gasteiger partial charge in [-0.2, -0.15) is 4.98 Å². The molecule has 3 N–H and O–H groups in total. The molecule has 0 saturated heterocycles. The van der Waals surface area contributed by atoms with E-state index < -0.39 is 17.7 Å². The summed E-state index contributed by atoms with van der Waals surface area (Å²) in [5.41, 5.74) is 3.29. The Hall–Kier alpha value is -4.13. The first-order chi connectivity index (χ1) is 18.1. The molecule has 0 fully saturated rings. The minimum absolute atomic E-state index is 0.243. The van der Waals surface area contributed by atoms with E-state index in [1.807, 2.05) is 25.3 Å². The number of rotatable bonds is 9. The molecule has 1 aromatic carbocycles. The minimum Gasteiger partial charge on any atom is -0.444 e. The zero-order valence-electron chi connectivity index (χ0n) is 23.0. The fourth-order valence-corrected chi connectivity index (χ4v) is 3.51. The Morgan fingerprint density at radius 2 is 2.05 bits per heavy atom. The van der Waals surface area contributed by atoms with Crippen LogP contribution in [-0.2, 0) is 16.1 Å². The molecule has 10 nitrogen and oxygen atoms in total. The second-order valence-electron chi connectivity index (χ2n) is 9.96. The number of aliphatic imine (C=N–C) groups is 1. The molecule has 3 rings (SSSR count). The summed E-state index contributed by atoms with van der Waals surface area (Å²) in [5, 5.41) is 9.34. The first kappa shape index (κ1) is 28.4. The minimum atomic E-state index is -0.646. The third kappa shape index (κ3) is 8.20. The van der Waals surface area contributed by atoms with E-state index in [0.717, 1.165) is 17.8 Å². The number of carbonyl (C=O) groups excluding carboxylic acids is 2. The summed E-state index contributed by atoms with van der Waals surface area (Å²) >= 11 is 0. The summed E-state index contributed by atoms with van der Waals surface area (Å²) in [6.07, 6.45) is 4.29. The van der Waals surface area contributed by atoms with Gasteiger partial charge in [-0.3, -0.25) is 14.7 Å². The Kier molecular flexibility index (Phi) is 9.66. The van der Waals surface area contributed by atoms with Gasteiger partial charge < -0.3 is 20.7 Å². The average molecular weight is 520 g/mol. The number of amides is 2. The Morgan fingerprint density at radius 3 is 2.79 bits per heavy atom. The third-order valence-corrected chi connectivity index (χ3v) is 5.67. The van der Waals surface area contributed by atoms with Crippen molar-refractivity contribution in [2.45, 2.75) is 65.6 Å². The number of nitrogens with one attached hydrogen (secondary N) is 3. The van der Waals surface area contributed by atoms with Crippen molar-refractivity contribution >= 4 is 35.7 Å². The Bertz CT molecular complexity index is 1240. The van der Waals surface area contributed by atoms with E-state index in [2.05, 4.69) is 48.8 Å². The second kappa shape index (κ2) is 12.9. The highest BCUT2D eigenvalue weighted by Crippen LogP contribution is 2.22. The standard InChI is InChI=1S/C28H37N7O3/c1-7-30-24-21(18-32-26(34-24)33-23-13-12-20-16-29-17-22(20)15-23)11-9-8-10-14-31-25(36)19(2)35(6)27(37)38-28(3,4)5/h12-13,15,17-19H,7-8,10,14,16H2,1-6H3,(H,31,36)(H2,30,32,33,34)/t19-/m0/s1. The lowest BCUT2D eigenvalue weighted by molar-refractivity contribution is -0.125. The molecule has 2 amide bonds. The summed E-state index contributed by atoms with van der Waals surface area (Å²) in [4.78, 5) is 39.2. The molecule has 2 aromatic rings. The van der Waals surface area contributed by atoms with Crippen molar-refractivity contribution in [2.75, 3.05) is 30.8 Å². The lowest BCUT2D eigenvalue weighted by Crippen LogP contribution is -2.47. The van der Waals surface area contributed by atoms with Crippen molar-refractivity contribution in [3.63, 3.8) is 0 Å². The lowest BCUT2D eigenvalue weighted by atomic mass is 10.1. The van der Waals surface area contributed by atoms with Crippen LogP contribution in [-0.4, -0.2) is 64.9 Å². The van der Waals surface area contributed by atoms with Gasteiger partial charge in [0, 0.05) is 38.5 Å². The number of likely N-dealkylation sites (N-methyl/N-ethyl adjacent to an activating group) is 1.